The molecule has 0 radical (unpaired) electrons. The summed E-state index contributed by atoms with van der Waals surface area (Å²) in [6, 6.07) is 7.99. The van der Waals surface area contributed by atoms with Crippen molar-refractivity contribution >= 4 is 23.6 Å². The summed E-state index contributed by atoms with van der Waals surface area (Å²) in [6.07, 6.45) is 10.3. The first-order chi connectivity index (χ1) is 19.9. The molecule has 41 heavy (non-hydrogen) atoms. The Morgan fingerprint density at radius 3 is 2.59 bits per heavy atom. The van der Waals surface area contributed by atoms with Crippen molar-refractivity contribution in [3.05, 3.63) is 82.1 Å². The Hall–Kier alpha value is -4.31. The van der Waals surface area contributed by atoms with Crippen LogP contribution in [0.25, 0.3) is 5.65 Å². The molecular formula is C31H39N7O3. The van der Waals surface area contributed by atoms with E-state index in [0.29, 0.717) is 43.6 Å². The van der Waals surface area contributed by atoms with E-state index in [4.69, 9.17) is 19.9 Å². The molecule has 1 saturated carbocycles. The van der Waals surface area contributed by atoms with Gasteiger partial charge < -0.3 is 30.3 Å². The average molecular weight is 558 g/mol. The van der Waals surface area contributed by atoms with Gasteiger partial charge in [-0.1, -0.05) is 18.2 Å². The van der Waals surface area contributed by atoms with Gasteiger partial charge in [0.25, 0.3) is 0 Å². The summed E-state index contributed by atoms with van der Waals surface area (Å²) in [5.41, 5.74) is 12.8. The summed E-state index contributed by atoms with van der Waals surface area (Å²) in [6.45, 7) is 7.18. The Labute approximate surface area is 240 Å². The van der Waals surface area contributed by atoms with Crippen molar-refractivity contribution in [2.24, 2.45) is 5.73 Å². The lowest BCUT2D eigenvalue weighted by atomic mass is 9.99. The van der Waals surface area contributed by atoms with Gasteiger partial charge in [-0.3, -0.25) is 4.79 Å². The number of hydrogen-bond donors (Lipinski definition) is 3. The molecule has 1 aromatic carbocycles. The highest BCUT2D eigenvalue weighted by Crippen LogP contribution is 2.40. The topological polar surface area (TPSA) is 141 Å². The molecule has 0 bridgehead atoms. The molecular weight excluding hydrogens is 518 g/mol. The first kappa shape index (κ1) is 29.7. The van der Waals surface area contributed by atoms with Crippen molar-refractivity contribution in [1.82, 2.24) is 19.4 Å². The van der Waals surface area contributed by atoms with Gasteiger partial charge in [-0.25, -0.2) is 15.0 Å². The number of fused-ring (bicyclic) bond motifs is 1. The van der Waals surface area contributed by atoms with Crippen LogP contribution in [0, 0.1) is 19.3 Å². The number of carbonyl (C=O) groups excluding carboxylic acids is 1. The quantitative estimate of drug-likeness (QED) is 0.165. The molecule has 0 amide bonds. The Morgan fingerprint density at radius 1 is 1.15 bits per heavy atom. The molecule has 0 aliphatic heterocycles. The van der Waals surface area contributed by atoms with Crippen LogP contribution < -0.4 is 15.8 Å². The number of aryl methyl sites for hydroxylation is 3. The number of nitrogens with two attached hydrogens (primary N) is 1. The summed E-state index contributed by atoms with van der Waals surface area (Å²) in [7, 11) is 1.50. The minimum atomic E-state index is -0.190. The second-order valence-electron chi connectivity index (χ2n) is 10.0. The van der Waals surface area contributed by atoms with Crippen LogP contribution in [0.2, 0.25) is 0 Å². The lowest BCUT2D eigenvalue weighted by Gasteiger charge is -2.13. The largest absolute Gasteiger partial charge is 0.471 e. The molecule has 1 aliphatic carbocycles. The van der Waals surface area contributed by atoms with Gasteiger partial charge in [-0.05, 0) is 86.4 Å². The molecule has 0 saturated heterocycles. The molecule has 0 spiro atoms. The van der Waals surface area contributed by atoms with E-state index in [-0.39, 0.29) is 12.6 Å². The van der Waals surface area contributed by atoms with Gasteiger partial charge in [0.05, 0.1) is 12.3 Å². The number of nitrogens with zero attached hydrogens (tertiary/aromatic N) is 4. The number of hydrogen-bond acceptors (Lipinski definition) is 9. The van der Waals surface area contributed by atoms with E-state index in [2.05, 4.69) is 47.1 Å². The summed E-state index contributed by atoms with van der Waals surface area (Å²) >= 11 is 0. The number of imidazole rings is 1. The standard InChI is InChI=1S/C30H34N6O3.CH5N/c1-4-38-29(37)8-7-23-11-24(22-5-6-22)15-36-16-25(35-30(23)36)17-39-28-12-27(33-18-34-28)32-14-26-19(2)9-21(13-31)10-20(26)3;1-2/h9-13,15-16,18,22,31H,4-8,14,17H2,1-3H3,(H,32,33,34);2H2,1H3. The lowest BCUT2D eigenvalue weighted by Crippen LogP contribution is -2.06. The maximum Gasteiger partial charge on any atom is 0.306 e. The fraction of sp³-hybridized carbons (Fsp3) is 0.387. The van der Waals surface area contributed by atoms with Crippen LogP contribution in [0.5, 0.6) is 5.88 Å². The number of anilines is 1. The van der Waals surface area contributed by atoms with Crippen LogP contribution in [-0.4, -0.2) is 45.2 Å². The Balaban J connectivity index is 0.00000189. The van der Waals surface area contributed by atoms with Crippen molar-refractivity contribution in [3.8, 4) is 5.88 Å². The average Bonchev–Trinajstić information content (AvgIpc) is 3.75. The zero-order valence-corrected chi connectivity index (χ0v) is 24.2. The minimum Gasteiger partial charge on any atom is -0.471 e. The number of aromatic nitrogens is 4. The highest BCUT2D eigenvalue weighted by molar-refractivity contribution is 5.78. The van der Waals surface area contributed by atoms with Gasteiger partial charge in [0.1, 0.15) is 24.4 Å². The highest BCUT2D eigenvalue weighted by atomic mass is 16.5. The second-order valence-corrected chi connectivity index (χ2v) is 10.0. The number of rotatable bonds is 12. The van der Waals surface area contributed by atoms with Gasteiger partial charge in [0, 0.05) is 37.6 Å². The maximum absolute atomic E-state index is 12.0. The van der Waals surface area contributed by atoms with Crippen LogP contribution >= 0.6 is 0 Å². The summed E-state index contributed by atoms with van der Waals surface area (Å²) in [4.78, 5) is 25.4. The van der Waals surface area contributed by atoms with E-state index < -0.39 is 0 Å². The molecule has 5 rings (SSSR count). The molecule has 10 heteroatoms. The van der Waals surface area contributed by atoms with Crippen LogP contribution in [0.1, 0.15) is 71.2 Å². The van der Waals surface area contributed by atoms with E-state index >= 15 is 0 Å². The van der Waals surface area contributed by atoms with Crippen LogP contribution in [0.4, 0.5) is 5.82 Å². The number of nitrogens with one attached hydrogen (secondary N) is 2. The predicted octanol–water partition coefficient (Wildman–Crippen LogP) is 4.88. The van der Waals surface area contributed by atoms with Crippen molar-refractivity contribution in [3.63, 3.8) is 0 Å². The Bertz CT molecular complexity index is 1490. The molecule has 1 aliphatic rings. The SMILES string of the molecule is CCOC(=O)CCc1cc(C2CC2)cn2cc(COc3cc(NCc4c(C)cc(C=N)cc4C)ncn3)nc12.CN. The third-order valence-corrected chi connectivity index (χ3v) is 6.99. The van der Waals surface area contributed by atoms with E-state index in [9.17, 15) is 4.79 Å². The number of ether oxygens (including phenoxy) is 2. The van der Waals surface area contributed by atoms with Crippen LogP contribution in [-0.2, 0) is 29.1 Å². The second kappa shape index (κ2) is 13.8. The normalized spacial score (nSPS) is 12.4. The third kappa shape index (κ3) is 7.67. The molecule has 4 N–H and O–H groups in total. The summed E-state index contributed by atoms with van der Waals surface area (Å²) < 4.78 is 13.2. The van der Waals surface area contributed by atoms with Gasteiger partial charge in [-0.2, -0.15) is 0 Å². The number of esters is 1. The molecule has 0 unspecified atom stereocenters. The van der Waals surface area contributed by atoms with Crippen LogP contribution in [0.3, 0.4) is 0 Å². The molecule has 216 valence electrons. The molecule has 3 heterocycles. The summed E-state index contributed by atoms with van der Waals surface area (Å²) in [5, 5.41) is 10.9. The van der Waals surface area contributed by atoms with Crippen LogP contribution in [0.15, 0.2) is 43.0 Å². The maximum atomic E-state index is 12.0. The first-order valence-corrected chi connectivity index (χ1v) is 14.0. The van der Waals surface area contributed by atoms with Gasteiger partial charge in [0.15, 0.2) is 0 Å². The number of carbonyl (C=O) groups is 1. The molecule has 10 nitrogen and oxygen atoms in total. The van der Waals surface area contributed by atoms with Crippen molar-refractivity contribution in [2.75, 3.05) is 19.0 Å². The minimum absolute atomic E-state index is 0.190. The van der Waals surface area contributed by atoms with Gasteiger partial charge in [0.2, 0.25) is 5.88 Å². The van der Waals surface area contributed by atoms with Crippen molar-refractivity contribution in [1.29, 1.82) is 5.41 Å². The van der Waals surface area contributed by atoms with Gasteiger partial charge >= 0.3 is 5.97 Å². The Kier molecular flexibility index (Phi) is 10.0. The van der Waals surface area contributed by atoms with E-state index in [1.165, 1.54) is 43.6 Å². The monoisotopic (exact) mass is 557 g/mol. The fourth-order valence-corrected chi connectivity index (χ4v) is 4.84. The zero-order chi connectivity index (χ0) is 29.4. The number of pyridine rings is 1. The van der Waals surface area contributed by atoms with E-state index in [1.54, 1.807) is 6.07 Å². The molecule has 4 aromatic rings. The Morgan fingerprint density at radius 2 is 1.90 bits per heavy atom. The number of benzene rings is 1. The van der Waals surface area contributed by atoms with E-state index in [0.717, 1.165) is 33.6 Å². The molecule has 1 fully saturated rings. The highest BCUT2D eigenvalue weighted by Gasteiger charge is 2.25. The smallest absolute Gasteiger partial charge is 0.306 e. The van der Waals surface area contributed by atoms with Gasteiger partial charge in [-0.15, -0.1) is 0 Å². The van der Waals surface area contributed by atoms with E-state index in [1.807, 2.05) is 29.7 Å². The molecule has 3 aromatic heterocycles. The summed E-state index contributed by atoms with van der Waals surface area (Å²) in [5.74, 6) is 1.52. The molecule has 0 atom stereocenters. The predicted molar refractivity (Wildman–Crippen MR) is 160 cm³/mol. The first-order valence-electron chi connectivity index (χ1n) is 14.0. The van der Waals surface area contributed by atoms with Crippen molar-refractivity contribution in [2.45, 2.75) is 65.5 Å². The third-order valence-electron chi connectivity index (χ3n) is 6.99. The zero-order valence-electron chi connectivity index (χ0n) is 24.2. The van der Waals surface area contributed by atoms with Crippen molar-refractivity contribution < 1.29 is 14.3 Å². The lowest BCUT2D eigenvalue weighted by molar-refractivity contribution is -0.143. The fourth-order valence-electron chi connectivity index (χ4n) is 4.84.